The van der Waals surface area contributed by atoms with Crippen LogP contribution in [0.3, 0.4) is 0 Å². The Labute approximate surface area is 164 Å². The van der Waals surface area contributed by atoms with Crippen LogP contribution in [-0.4, -0.2) is 52.1 Å². The van der Waals surface area contributed by atoms with Crippen molar-refractivity contribution < 1.29 is 0 Å². The molecule has 0 bridgehead atoms. The molecule has 0 unspecified atom stereocenters. The minimum atomic E-state index is 0.0667. The van der Waals surface area contributed by atoms with Gasteiger partial charge in [-0.1, -0.05) is 29.3 Å². The summed E-state index contributed by atoms with van der Waals surface area (Å²) in [5, 5.41) is 0.687. The molecule has 1 aliphatic rings. The highest BCUT2D eigenvalue weighted by molar-refractivity contribution is 9.10. The van der Waals surface area contributed by atoms with Gasteiger partial charge in [0.2, 0.25) is 0 Å². The Hall–Kier alpha value is -1.24. The molecule has 0 aliphatic carbocycles. The van der Waals surface area contributed by atoms with Crippen molar-refractivity contribution >= 4 is 26.8 Å². The van der Waals surface area contributed by atoms with Crippen LogP contribution in [0.4, 0.5) is 0 Å². The van der Waals surface area contributed by atoms with Crippen LogP contribution in [0.15, 0.2) is 27.5 Å². The van der Waals surface area contributed by atoms with Crippen LogP contribution >= 0.6 is 15.9 Å². The van der Waals surface area contributed by atoms with Crippen molar-refractivity contribution in [3.8, 4) is 0 Å². The lowest BCUT2D eigenvalue weighted by Gasteiger charge is -2.42. The van der Waals surface area contributed by atoms with E-state index in [2.05, 4.69) is 46.6 Å². The molecule has 0 N–H and O–H groups in total. The minimum absolute atomic E-state index is 0.0667. The first-order valence-corrected chi connectivity index (χ1v) is 10.4. The highest BCUT2D eigenvalue weighted by Gasteiger charge is 2.30. The Morgan fingerprint density at radius 3 is 2.73 bits per heavy atom. The normalized spacial score (nSPS) is 20.6. The van der Waals surface area contributed by atoms with Crippen molar-refractivity contribution in [2.45, 2.75) is 52.2 Å². The van der Waals surface area contributed by atoms with Crippen LogP contribution in [0.1, 0.15) is 45.5 Å². The van der Waals surface area contributed by atoms with Crippen molar-refractivity contribution in [2.24, 2.45) is 0 Å². The van der Waals surface area contributed by atoms with Gasteiger partial charge in [-0.25, -0.2) is 4.98 Å². The molecule has 1 aromatic carbocycles. The predicted molar refractivity (Wildman–Crippen MR) is 111 cm³/mol. The van der Waals surface area contributed by atoms with E-state index in [0.717, 1.165) is 48.3 Å². The largest absolute Gasteiger partial charge is 0.301 e. The summed E-state index contributed by atoms with van der Waals surface area (Å²) < 4.78 is 2.79. The van der Waals surface area contributed by atoms with Crippen molar-refractivity contribution in [3.05, 3.63) is 38.9 Å². The quantitative estimate of drug-likeness (QED) is 0.739. The first kappa shape index (κ1) is 19.5. The summed E-state index contributed by atoms with van der Waals surface area (Å²) in [4.78, 5) is 23.0. The number of hydrogen-bond donors (Lipinski definition) is 0. The number of nitrogens with zero attached hydrogens (tertiary/aromatic N) is 4. The maximum atomic E-state index is 13.1. The van der Waals surface area contributed by atoms with Gasteiger partial charge < -0.3 is 4.90 Å². The monoisotopic (exact) mass is 420 g/mol. The molecule has 2 heterocycles. The average molecular weight is 421 g/mol. The first-order chi connectivity index (χ1) is 12.5. The van der Waals surface area contributed by atoms with E-state index < -0.39 is 0 Å². The molecule has 0 amide bonds. The summed E-state index contributed by atoms with van der Waals surface area (Å²) in [6, 6.07) is 6.49. The molecule has 1 aliphatic heterocycles. The van der Waals surface area contributed by atoms with Gasteiger partial charge in [0.15, 0.2) is 0 Å². The van der Waals surface area contributed by atoms with Crippen LogP contribution < -0.4 is 5.56 Å². The minimum Gasteiger partial charge on any atom is -0.301 e. The second-order valence-corrected chi connectivity index (χ2v) is 8.23. The van der Waals surface area contributed by atoms with E-state index in [1.54, 1.807) is 0 Å². The molecule has 2 aromatic rings. The maximum absolute atomic E-state index is 13.1. The number of aromatic nitrogens is 2. The van der Waals surface area contributed by atoms with Crippen LogP contribution in [0, 0.1) is 0 Å². The third kappa shape index (κ3) is 3.73. The maximum Gasteiger partial charge on any atom is 0.261 e. The predicted octanol–water partition coefficient (Wildman–Crippen LogP) is 3.66. The molecule has 6 heteroatoms. The highest BCUT2D eigenvalue weighted by atomic mass is 79.9. The fourth-order valence-electron chi connectivity index (χ4n) is 3.88. The summed E-state index contributed by atoms with van der Waals surface area (Å²) >= 11 is 3.47. The standard InChI is InChI=1S/C20H29BrN4O/c1-5-7-18(24-11-10-23(4)14(3)13-24)19-22-17-9-8-15(21)12-16(17)20(26)25(19)6-2/h8-9,12,14,18H,5-7,10-11,13H2,1-4H3/t14-,18+/m1/s1. The van der Waals surface area contributed by atoms with Gasteiger partial charge in [0.05, 0.1) is 16.9 Å². The van der Waals surface area contributed by atoms with Crippen molar-refractivity contribution in [1.29, 1.82) is 0 Å². The highest BCUT2D eigenvalue weighted by Crippen LogP contribution is 2.28. The molecule has 0 radical (unpaired) electrons. The summed E-state index contributed by atoms with van der Waals surface area (Å²) in [5.41, 5.74) is 0.859. The Balaban J connectivity index is 2.10. The number of halogens is 1. The second kappa shape index (κ2) is 8.19. The first-order valence-electron chi connectivity index (χ1n) is 9.60. The van der Waals surface area contributed by atoms with Gasteiger partial charge in [-0.05, 0) is 45.5 Å². The molecule has 0 saturated carbocycles. The molecule has 1 fully saturated rings. The van der Waals surface area contributed by atoms with Crippen molar-refractivity contribution in [2.75, 3.05) is 26.7 Å². The lowest BCUT2D eigenvalue weighted by Crippen LogP contribution is -2.51. The molecular formula is C20H29BrN4O. The Kier molecular flexibility index (Phi) is 6.15. The molecule has 1 saturated heterocycles. The molecule has 5 nitrogen and oxygen atoms in total. The summed E-state index contributed by atoms with van der Waals surface area (Å²) in [6.45, 7) is 10.2. The SMILES string of the molecule is CCC[C@@H](c1nc2ccc(Br)cc2c(=O)n1CC)N1CCN(C)[C@H](C)C1. The molecule has 2 atom stereocenters. The second-order valence-electron chi connectivity index (χ2n) is 7.31. The number of likely N-dealkylation sites (N-methyl/N-ethyl adjacent to an activating group) is 1. The van der Waals surface area contributed by atoms with E-state index >= 15 is 0 Å². The molecule has 26 heavy (non-hydrogen) atoms. The summed E-state index contributed by atoms with van der Waals surface area (Å²) in [7, 11) is 2.19. The molecule has 142 valence electrons. The summed E-state index contributed by atoms with van der Waals surface area (Å²) in [6.07, 6.45) is 2.09. The van der Waals surface area contributed by atoms with Crippen LogP contribution in [-0.2, 0) is 6.54 Å². The number of piperazine rings is 1. The average Bonchev–Trinajstić information content (AvgIpc) is 2.62. The molecular weight excluding hydrogens is 392 g/mol. The Bertz CT molecular complexity index is 834. The van der Waals surface area contributed by atoms with E-state index in [4.69, 9.17) is 4.98 Å². The lowest BCUT2D eigenvalue weighted by molar-refractivity contribution is 0.0631. The number of rotatable bonds is 5. The van der Waals surface area contributed by atoms with Gasteiger partial charge in [0.25, 0.3) is 5.56 Å². The number of benzene rings is 1. The van der Waals surface area contributed by atoms with E-state index in [1.807, 2.05) is 29.7 Å². The van der Waals surface area contributed by atoms with E-state index in [0.29, 0.717) is 18.0 Å². The zero-order chi connectivity index (χ0) is 18.8. The zero-order valence-corrected chi connectivity index (χ0v) is 17.8. The fraction of sp³-hybridized carbons (Fsp3) is 0.600. The third-order valence-electron chi connectivity index (χ3n) is 5.55. The van der Waals surface area contributed by atoms with Gasteiger partial charge in [0.1, 0.15) is 5.82 Å². The molecule has 0 spiro atoms. The van der Waals surface area contributed by atoms with E-state index in [1.165, 1.54) is 0 Å². The van der Waals surface area contributed by atoms with Gasteiger partial charge in [-0.15, -0.1) is 0 Å². The lowest BCUT2D eigenvalue weighted by atomic mass is 10.1. The molecule has 3 rings (SSSR count). The van der Waals surface area contributed by atoms with E-state index in [9.17, 15) is 4.79 Å². The van der Waals surface area contributed by atoms with Crippen LogP contribution in [0.2, 0.25) is 0 Å². The Morgan fingerprint density at radius 1 is 1.31 bits per heavy atom. The number of hydrogen-bond acceptors (Lipinski definition) is 4. The fourth-order valence-corrected chi connectivity index (χ4v) is 4.24. The van der Waals surface area contributed by atoms with Gasteiger partial charge >= 0.3 is 0 Å². The van der Waals surface area contributed by atoms with Crippen LogP contribution in [0.25, 0.3) is 10.9 Å². The molecule has 1 aromatic heterocycles. The van der Waals surface area contributed by atoms with Gasteiger partial charge in [-0.2, -0.15) is 0 Å². The third-order valence-corrected chi connectivity index (χ3v) is 6.05. The van der Waals surface area contributed by atoms with Gasteiger partial charge in [0, 0.05) is 36.7 Å². The topological polar surface area (TPSA) is 41.4 Å². The Morgan fingerprint density at radius 2 is 2.08 bits per heavy atom. The summed E-state index contributed by atoms with van der Waals surface area (Å²) in [5.74, 6) is 0.922. The zero-order valence-electron chi connectivity index (χ0n) is 16.2. The van der Waals surface area contributed by atoms with Crippen molar-refractivity contribution in [1.82, 2.24) is 19.4 Å². The van der Waals surface area contributed by atoms with Gasteiger partial charge in [-0.3, -0.25) is 14.3 Å². The smallest absolute Gasteiger partial charge is 0.261 e. The number of fused-ring (bicyclic) bond motifs is 1. The van der Waals surface area contributed by atoms with E-state index in [-0.39, 0.29) is 11.6 Å². The van der Waals surface area contributed by atoms with Crippen molar-refractivity contribution in [3.63, 3.8) is 0 Å². The van der Waals surface area contributed by atoms with Crippen LogP contribution in [0.5, 0.6) is 0 Å².